The van der Waals surface area contributed by atoms with Gasteiger partial charge in [-0.1, -0.05) is 42.2 Å². The summed E-state index contributed by atoms with van der Waals surface area (Å²) < 4.78 is 32.2. The van der Waals surface area contributed by atoms with E-state index in [9.17, 15) is 13.2 Å². The van der Waals surface area contributed by atoms with Crippen LogP contribution in [0.25, 0.3) is 0 Å². The lowest BCUT2D eigenvalue weighted by Gasteiger charge is -2.34. The van der Waals surface area contributed by atoms with Crippen molar-refractivity contribution in [3.05, 3.63) is 40.0 Å². The second-order valence-electron chi connectivity index (χ2n) is 7.42. The van der Waals surface area contributed by atoms with Gasteiger partial charge < -0.3 is 9.42 Å². The minimum absolute atomic E-state index is 0.00909. The summed E-state index contributed by atoms with van der Waals surface area (Å²) in [5, 5.41) is 4.40. The Kier molecular flexibility index (Phi) is 7.38. The standard InChI is InChI=1S/C19H24Cl2N4O4S/c1-13(2)19-22-17(29-23-19)4-3-5-18(26)24-8-10-25(11-9-24)30(27,28)14-6-7-15(20)16(21)12-14/h6-7,12-13H,3-5,8-11H2,1-2H3. The van der Waals surface area contributed by atoms with Crippen molar-refractivity contribution < 1.29 is 17.7 Å². The van der Waals surface area contributed by atoms with E-state index in [0.717, 1.165) is 0 Å². The fourth-order valence-electron chi connectivity index (χ4n) is 3.12. The highest BCUT2D eigenvalue weighted by Gasteiger charge is 2.30. The molecule has 1 amide bonds. The maximum atomic E-state index is 12.8. The Balaban J connectivity index is 1.49. The van der Waals surface area contributed by atoms with Crippen LogP contribution in [0.4, 0.5) is 0 Å². The largest absolute Gasteiger partial charge is 0.340 e. The Hall–Kier alpha value is -1.68. The van der Waals surface area contributed by atoms with E-state index in [0.29, 0.717) is 49.1 Å². The number of piperazine rings is 1. The molecule has 30 heavy (non-hydrogen) atoms. The summed E-state index contributed by atoms with van der Waals surface area (Å²) in [4.78, 5) is 18.6. The molecule has 2 heterocycles. The molecule has 1 aromatic heterocycles. The smallest absolute Gasteiger partial charge is 0.243 e. The van der Waals surface area contributed by atoms with Crippen molar-refractivity contribution in [1.82, 2.24) is 19.3 Å². The summed E-state index contributed by atoms with van der Waals surface area (Å²) in [6.07, 6.45) is 1.48. The van der Waals surface area contributed by atoms with Gasteiger partial charge in [-0.25, -0.2) is 8.42 Å². The van der Waals surface area contributed by atoms with Gasteiger partial charge in [-0.3, -0.25) is 4.79 Å². The average molecular weight is 475 g/mol. The molecule has 0 spiro atoms. The van der Waals surface area contributed by atoms with Crippen molar-refractivity contribution in [2.24, 2.45) is 0 Å². The number of nitrogens with zero attached hydrogens (tertiary/aromatic N) is 4. The van der Waals surface area contributed by atoms with Crippen LogP contribution in [0, 0.1) is 0 Å². The van der Waals surface area contributed by atoms with Gasteiger partial charge in [0, 0.05) is 44.9 Å². The molecular weight excluding hydrogens is 451 g/mol. The van der Waals surface area contributed by atoms with E-state index in [-0.39, 0.29) is 34.8 Å². The molecule has 2 aromatic rings. The summed E-state index contributed by atoms with van der Waals surface area (Å²) in [5.74, 6) is 1.38. The summed E-state index contributed by atoms with van der Waals surface area (Å²) in [6, 6.07) is 4.24. The van der Waals surface area contributed by atoms with Crippen LogP contribution in [0.15, 0.2) is 27.6 Å². The first-order chi connectivity index (χ1) is 14.2. The molecule has 8 nitrogen and oxygen atoms in total. The van der Waals surface area contributed by atoms with Crippen molar-refractivity contribution in [2.45, 2.75) is 43.9 Å². The van der Waals surface area contributed by atoms with E-state index < -0.39 is 10.0 Å². The molecule has 1 aliphatic heterocycles. The first-order valence-electron chi connectivity index (χ1n) is 9.74. The molecule has 1 aliphatic rings. The van der Waals surface area contributed by atoms with Gasteiger partial charge in [0.05, 0.1) is 14.9 Å². The Morgan fingerprint density at radius 1 is 1.17 bits per heavy atom. The predicted molar refractivity (Wildman–Crippen MR) is 113 cm³/mol. The van der Waals surface area contributed by atoms with Gasteiger partial charge in [0.1, 0.15) is 0 Å². The maximum Gasteiger partial charge on any atom is 0.243 e. The summed E-state index contributed by atoms with van der Waals surface area (Å²) in [7, 11) is -3.68. The van der Waals surface area contributed by atoms with Crippen molar-refractivity contribution in [3.63, 3.8) is 0 Å². The highest BCUT2D eigenvalue weighted by molar-refractivity contribution is 7.89. The fraction of sp³-hybridized carbons (Fsp3) is 0.526. The van der Waals surface area contributed by atoms with Crippen molar-refractivity contribution in [1.29, 1.82) is 0 Å². The van der Waals surface area contributed by atoms with Gasteiger partial charge in [-0.05, 0) is 24.6 Å². The molecule has 11 heteroatoms. The maximum absolute atomic E-state index is 12.8. The number of carbonyl (C=O) groups is 1. The van der Waals surface area contributed by atoms with E-state index in [4.69, 9.17) is 27.7 Å². The van der Waals surface area contributed by atoms with Crippen LogP contribution in [0.5, 0.6) is 0 Å². The van der Waals surface area contributed by atoms with Gasteiger partial charge in [0.25, 0.3) is 0 Å². The Morgan fingerprint density at radius 3 is 2.47 bits per heavy atom. The van der Waals surface area contributed by atoms with Gasteiger partial charge in [-0.2, -0.15) is 9.29 Å². The predicted octanol–water partition coefficient (Wildman–Crippen LogP) is 3.36. The molecule has 0 aliphatic carbocycles. The third-order valence-electron chi connectivity index (χ3n) is 4.90. The second kappa shape index (κ2) is 9.64. The van der Waals surface area contributed by atoms with Crippen LogP contribution >= 0.6 is 23.2 Å². The summed E-state index contributed by atoms with van der Waals surface area (Å²) in [6.45, 7) is 5.12. The van der Waals surface area contributed by atoms with Gasteiger partial charge >= 0.3 is 0 Å². The van der Waals surface area contributed by atoms with Crippen molar-refractivity contribution in [3.8, 4) is 0 Å². The van der Waals surface area contributed by atoms with Crippen LogP contribution in [-0.4, -0.2) is 59.8 Å². The van der Waals surface area contributed by atoms with Crippen LogP contribution in [0.2, 0.25) is 10.0 Å². The van der Waals surface area contributed by atoms with Gasteiger partial charge in [0.15, 0.2) is 5.82 Å². The number of aryl methyl sites for hydroxylation is 1. The zero-order chi connectivity index (χ0) is 21.9. The van der Waals surface area contributed by atoms with E-state index in [1.54, 1.807) is 4.90 Å². The first kappa shape index (κ1) is 23.0. The molecule has 164 valence electrons. The molecule has 0 radical (unpaired) electrons. The number of halogens is 2. The number of benzene rings is 1. The SMILES string of the molecule is CC(C)c1noc(CCCC(=O)N2CCN(S(=O)(=O)c3ccc(Cl)c(Cl)c3)CC2)n1. The van der Waals surface area contributed by atoms with Gasteiger partial charge in [-0.15, -0.1) is 0 Å². The summed E-state index contributed by atoms with van der Waals surface area (Å²) in [5.41, 5.74) is 0. The number of hydrogen-bond acceptors (Lipinski definition) is 6. The third-order valence-corrected chi connectivity index (χ3v) is 7.54. The highest BCUT2D eigenvalue weighted by atomic mass is 35.5. The minimum atomic E-state index is -3.68. The fourth-order valence-corrected chi connectivity index (χ4v) is 4.93. The Morgan fingerprint density at radius 2 is 1.87 bits per heavy atom. The normalized spacial score (nSPS) is 15.7. The lowest BCUT2D eigenvalue weighted by atomic mass is 10.2. The van der Waals surface area contributed by atoms with E-state index in [2.05, 4.69) is 10.1 Å². The van der Waals surface area contributed by atoms with E-state index in [1.165, 1.54) is 22.5 Å². The number of carbonyl (C=O) groups excluding carboxylic acids is 1. The second-order valence-corrected chi connectivity index (χ2v) is 10.2. The molecule has 3 rings (SSSR count). The lowest BCUT2D eigenvalue weighted by Crippen LogP contribution is -2.50. The Bertz CT molecular complexity index is 1000. The van der Waals surface area contributed by atoms with E-state index >= 15 is 0 Å². The first-order valence-corrected chi connectivity index (χ1v) is 11.9. The monoisotopic (exact) mass is 474 g/mol. The molecule has 0 unspecified atom stereocenters. The molecule has 0 N–H and O–H groups in total. The molecular formula is C19H24Cl2N4O4S. The molecule has 0 saturated carbocycles. The zero-order valence-corrected chi connectivity index (χ0v) is 19.2. The lowest BCUT2D eigenvalue weighted by molar-refractivity contribution is -0.132. The molecule has 1 aromatic carbocycles. The molecule has 0 bridgehead atoms. The number of rotatable bonds is 7. The number of aromatic nitrogens is 2. The number of amides is 1. The van der Waals surface area contributed by atoms with Crippen molar-refractivity contribution in [2.75, 3.05) is 26.2 Å². The molecule has 0 atom stereocenters. The van der Waals surface area contributed by atoms with E-state index in [1.807, 2.05) is 13.8 Å². The number of sulfonamides is 1. The van der Waals surface area contributed by atoms with Crippen LogP contribution in [0.3, 0.4) is 0 Å². The Labute approximate surface area is 186 Å². The topological polar surface area (TPSA) is 96.6 Å². The van der Waals surface area contributed by atoms with Gasteiger partial charge in [0.2, 0.25) is 21.8 Å². The van der Waals surface area contributed by atoms with Crippen LogP contribution in [-0.2, 0) is 21.2 Å². The van der Waals surface area contributed by atoms with Crippen molar-refractivity contribution >= 4 is 39.1 Å². The third kappa shape index (κ3) is 5.32. The quantitative estimate of drug-likeness (QED) is 0.610. The number of hydrogen-bond donors (Lipinski definition) is 0. The minimum Gasteiger partial charge on any atom is -0.340 e. The van der Waals surface area contributed by atoms with Crippen LogP contribution < -0.4 is 0 Å². The molecule has 1 saturated heterocycles. The highest BCUT2D eigenvalue weighted by Crippen LogP contribution is 2.27. The summed E-state index contributed by atoms with van der Waals surface area (Å²) >= 11 is 11.8. The average Bonchev–Trinajstić information content (AvgIpc) is 3.19. The van der Waals surface area contributed by atoms with Crippen LogP contribution in [0.1, 0.15) is 44.3 Å². The zero-order valence-electron chi connectivity index (χ0n) is 16.8. The molecule has 1 fully saturated rings.